The third-order valence-electron chi connectivity index (χ3n) is 2.89. The van der Waals surface area contributed by atoms with Gasteiger partial charge in [-0.05, 0) is 47.3 Å². The monoisotopic (exact) mass is 353 g/mol. The van der Waals surface area contributed by atoms with Gasteiger partial charge in [-0.25, -0.2) is 8.42 Å². The van der Waals surface area contributed by atoms with E-state index < -0.39 is 22.0 Å². The minimum Gasteiger partial charge on any atom is -0.480 e. The van der Waals surface area contributed by atoms with Crippen molar-refractivity contribution in [3.05, 3.63) is 15.4 Å². The quantitative estimate of drug-likeness (QED) is 0.902. The second kappa shape index (κ2) is 4.92. The first kappa shape index (κ1) is 14.0. The van der Waals surface area contributed by atoms with Gasteiger partial charge in [-0.2, -0.15) is 4.31 Å². The summed E-state index contributed by atoms with van der Waals surface area (Å²) in [6.45, 7) is 2.08. The molecular weight excluding hydrogens is 342 g/mol. The standard InChI is InChI=1S/C10H12BrNO4S2/c1-6-5-8(17-9(6)11)18(15,16)12-4-2-3-7(12)10(13)14/h5,7H,2-4H2,1H3,(H,13,14)/t7-/m1/s1. The number of sulfonamides is 1. The highest BCUT2D eigenvalue weighted by Crippen LogP contribution is 2.34. The van der Waals surface area contributed by atoms with E-state index in [9.17, 15) is 13.2 Å². The van der Waals surface area contributed by atoms with E-state index >= 15 is 0 Å². The molecule has 0 amide bonds. The van der Waals surface area contributed by atoms with Gasteiger partial charge >= 0.3 is 5.97 Å². The lowest BCUT2D eigenvalue weighted by molar-refractivity contribution is -0.140. The molecule has 0 aliphatic carbocycles. The van der Waals surface area contributed by atoms with E-state index in [2.05, 4.69) is 15.9 Å². The molecule has 5 nitrogen and oxygen atoms in total. The van der Waals surface area contributed by atoms with Crippen LogP contribution in [0.4, 0.5) is 0 Å². The van der Waals surface area contributed by atoms with E-state index in [1.165, 1.54) is 0 Å². The lowest BCUT2D eigenvalue weighted by Crippen LogP contribution is -2.40. The molecule has 1 aliphatic heterocycles. The molecule has 0 radical (unpaired) electrons. The number of hydrogen-bond acceptors (Lipinski definition) is 4. The lowest BCUT2D eigenvalue weighted by Gasteiger charge is -2.19. The highest BCUT2D eigenvalue weighted by Gasteiger charge is 2.40. The summed E-state index contributed by atoms with van der Waals surface area (Å²) in [4.78, 5) is 11.1. The number of aryl methyl sites for hydroxylation is 1. The molecule has 1 N–H and O–H groups in total. The second-order valence-electron chi connectivity index (χ2n) is 4.13. The molecule has 8 heteroatoms. The Bertz CT molecular complexity index is 561. The maximum absolute atomic E-state index is 12.4. The average molecular weight is 354 g/mol. The Kier molecular flexibility index (Phi) is 3.82. The first-order valence-corrected chi connectivity index (χ1v) is 8.39. The van der Waals surface area contributed by atoms with Crippen LogP contribution < -0.4 is 0 Å². The van der Waals surface area contributed by atoms with Crippen molar-refractivity contribution in [2.45, 2.75) is 30.0 Å². The lowest BCUT2D eigenvalue weighted by atomic mass is 10.2. The number of nitrogens with zero attached hydrogens (tertiary/aromatic N) is 1. The number of hydrogen-bond donors (Lipinski definition) is 1. The summed E-state index contributed by atoms with van der Waals surface area (Å²) in [7, 11) is -3.69. The Hall–Kier alpha value is -0.440. The Morgan fingerprint density at radius 3 is 2.78 bits per heavy atom. The number of halogens is 1. The van der Waals surface area contributed by atoms with Crippen molar-refractivity contribution in [3.63, 3.8) is 0 Å². The van der Waals surface area contributed by atoms with Crippen molar-refractivity contribution < 1.29 is 18.3 Å². The SMILES string of the molecule is Cc1cc(S(=O)(=O)N2CCC[C@@H]2C(=O)O)sc1Br. The maximum atomic E-state index is 12.4. The largest absolute Gasteiger partial charge is 0.480 e. The molecule has 0 unspecified atom stereocenters. The smallest absolute Gasteiger partial charge is 0.322 e. The fourth-order valence-corrected chi connectivity index (χ4v) is 5.96. The predicted octanol–water partition coefficient (Wildman–Crippen LogP) is 2.06. The van der Waals surface area contributed by atoms with E-state index in [4.69, 9.17) is 5.11 Å². The van der Waals surface area contributed by atoms with E-state index in [1.807, 2.05) is 0 Å². The maximum Gasteiger partial charge on any atom is 0.322 e. The van der Waals surface area contributed by atoms with Crippen LogP contribution in [0, 0.1) is 6.92 Å². The fraction of sp³-hybridized carbons (Fsp3) is 0.500. The normalized spacial score (nSPS) is 21.3. The summed E-state index contributed by atoms with van der Waals surface area (Å²) < 4.78 is 26.8. The topological polar surface area (TPSA) is 74.7 Å². The Morgan fingerprint density at radius 1 is 1.61 bits per heavy atom. The molecule has 100 valence electrons. The van der Waals surface area contributed by atoms with Crippen LogP contribution in [0.5, 0.6) is 0 Å². The molecule has 18 heavy (non-hydrogen) atoms. The number of carbonyl (C=O) groups is 1. The van der Waals surface area contributed by atoms with Crippen molar-refractivity contribution in [3.8, 4) is 0 Å². The molecule has 1 aromatic rings. The molecule has 0 spiro atoms. The fourth-order valence-electron chi connectivity index (χ4n) is 1.95. The summed E-state index contributed by atoms with van der Waals surface area (Å²) >= 11 is 4.40. The van der Waals surface area contributed by atoms with Crippen LogP contribution in [0.15, 0.2) is 14.1 Å². The summed E-state index contributed by atoms with van der Waals surface area (Å²) in [5.74, 6) is -1.08. The Balaban J connectivity index is 2.39. The van der Waals surface area contributed by atoms with Crippen molar-refractivity contribution in [1.29, 1.82) is 0 Å². The Morgan fingerprint density at radius 2 is 2.28 bits per heavy atom. The Labute approximate surface area is 118 Å². The van der Waals surface area contributed by atoms with Crippen LogP contribution in [0.25, 0.3) is 0 Å². The molecule has 2 heterocycles. The highest BCUT2D eigenvalue weighted by molar-refractivity contribution is 9.11. The zero-order valence-electron chi connectivity index (χ0n) is 9.59. The van der Waals surface area contributed by atoms with Gasteiger partial charge < -0.3 is 5.11 Å². The van der Waals surface area contributed by atoms with E-state index in [1.54, 1.807) is 13.0 Å². The molecule has 1 aliphatic rings. The van der Waals surface area contributed by atoms with Gasteiger partial charge in [0.15, 0.2) is 0 Å². The minimum absolute atomic E-state index is 0.194. The van der Waals surface area contributed by atoms with Crippen molar-refractivity contribution in [1.82, 2.24) is 4.31 Å². The molecule has 0 saturated carbocycles. The molecule has 2 rings (SSSR count). The van der Waals surface area contributed by atoms with Crippen LogP contribution in [0.2, 0.25) is 0 Å². The van der Waals surface area contributed by atoms with Crippen LogP contribution >= 0.6 is 27.3 Å². The van der Waals surface area contributed by atoms with Crippen molar-refractivity contribution in [2.75, 3.05) is 6.54 Å². The number of aliphatic carboxylic acids is 1. The predicted molar refractivity (Wildman–Crippen MR) is 71.3 cm³/mol. The zero-order valence-corrected chi connectivity index (χ0v) is 12.8. The summed E-state index contributed by atoms with van der Waals surface area (Å²) in [5, 5.41) is 9.04. The molecule has 1 aromatic heterocycles. The van der Waals surface area contributed by atoms with Gasteiger partial charge in [0.2, 0.25) is 0 Å². The van der Waals surface area contributed by atoms with Crippen LogP contribution in [-0.4, -0.2) is 36.4 Å². The van der Waals surface area contributed by atoms with Gasteiger partial charge in [-0.15, -0.1) is 11.3 Å². The summed E-state index contributed by atoms with van der Waals surface area (Å²) in [6, 6.07) is 0.637. The second-order valence-corrected chi connectivity index (χ2v) is 8.62. The summed E-state index contributed by atoms with van der Waals surface area (Å²) in [6.07, 6.45) is 0.960. The van der Waals surface area contributed by atoms with Gasteiger partial charge in [0.05, 0.1) is 3.79 Å². The third kappa shape index (κ3) is 2.34. The molecule has 0 aromatic carbocycles. The van der Waals surface area contributed by atoms with Crippen LogP contribution in [0.1, 0.15) is 18.4 Å². The van der Waals surface area contributed by atoms with E-state index in [0.29, 0.717) is 12.8 Å². The average Bonchev–Trinajstić information content (AvgIpc) is 2.87. The summed E-state index contributed by atoms with van der Waals surface area (Å²) in [5.41, 5.74) is 0.838. The van der Waals surface area contributed by atoms with Crippen LogP contribution in [0.3, 0.4) is 0 Å². The van der Waals surface area contributed by atoms with Crippen molar-refractivity contribution in [2.24, 2.45) is 0 Å². The first-order chi connectivity index (χ1) is 8.34. The molecule has 1 saturated heterocycles. The third-order valence-corrected chi connectivity index (χ3v) is 7.38. The number of thiophene rings is 1. The van der Waals surface area contributed by atoms with Crippen molar-refractivity contribution >= 4 is 43.3 Å². The zero-order chi connectivity index (χ0) is 13.5. The van der Waals surface area contributed by atoms with Crippen LogP contribution in [-0.2, 0) is 14.8 Å². The molecular formula is C10H12BrNO4S2. The van der Waals surface area contributed by atoms with Gasteiger partial charge in [-0.3, -0.25) is 4.79 Å². The first-order valence-electron chi connectivity index (χ1n) is 5.34. The molecule has 0 bridgehead atoms. The molecule has 1 fully saturated rings. The molecule has 1 atom stereocenters. The van der Waals surface area contributed by atoms with Gasteiger partial charge in [0, 0.05) is 6.54 Å². The van der Waals surface area contributed by atoms with E-state index in [0.717, 1.165) is 25.0 Å². The number of carboxylic acids is 1. The van der Waals surface area contributed by atoms with Gasteiger partial charge in [0.25, 0.3) is 10.0 Å². The van der Waals surface area contributed by atoms with Gasteiger partial charge in [-0.1, -0.05) is 0 Å². The highest BCUT2D eigenvalue weighted by atomic mass is 79.9. The van der Waals surface area contributed by atoms with E-state index in [-0.39, 0.29) is 10.8 Å². The number of carboxylic acid groups (broad SMARTS) is 1. The van der Waals surface area contributed by atoms with Gasteiger partial charge in [0.1, 0.15) is 10.3 Å². The minimum atomic E-state index is -3.69. The number of rotatable bonds is 3.